The molecule has 0 spiro atoms. The Hall–Kier alpha value is -1.80. The molecule has 0 aliphatic heterocycles. The van der Waals surface area contributed by atoms with Gasteiger partial charge in [0, 0.05) is 16.4 Å². The highest BCUT2D eigenvalue weighted by molar-refractivity contribution is 9.10. The maximum Gasteiger partial charge on any atom is 0.417 e. The Balaban J connectivity index is 2.22. The number of aromatic nitrogens is 1. The van der Waals surface area contributed by atoms with Crippen molar-refractivity contribution in [1.82, 2.24) is 4.57 Å². The van der Waals surface area contributed by atoms with Crippen molar-refractivity contribution >= 4 is 39.1 Å². The molecule has 4 nitrogen and oxygen atoms in total. The molecule has 2 rings (SSSR count). The van der Waals surface area contributed by atoms with E-state index in [0.717, 1.165) is 4.47 Å². The number of nitrogens with one attached hydrogen (secondary N) is 1. The van der Waals surface area contributed by atoms with Gasteiger partial charge in [0.1, 0.15) is 11.6 Å². The average Bonchev–Trinajstić information content (AvgIpc) is 2.45. The quantitative estimate of drug-likeness (QED) is 0.835. The first-order chi connectivity index (χ1) is 10.7. The summed E-state index contributed by atoms with van der Waals surface area (Å²) in [5.41, 5.74) is -1.52. The van der Waals surface area contributed by atoms with Crippen molar-refractivity contribution in [3.8, 4) is 0 Å². The van der Waals surface area contributed by atoms with Gasteiger partial charge in [-0.05, 0) is 30.3 Å². The number of carbonyl (C=O) groups excluding carboxylic acids is 1. The third-order valence-corrected chi connectivity index (χ3v) is 3.61. The second kappa shape index (κ2) is 6.76. The monoisotopic (exact) mass is 408 g/mol. The highest BCUT2D eigenvalue weighted by Gasteiger charge is 2.32. The van der Waals surface area contributed by atoms with Gasteiger partial charge < -0.3 is 9.88 Å². The smallest absolute Gasteiger partial charge is 0.325 e. The molecule has 122 valence electrons. The summed E-state index contributed by atoms with van der Waals surface area (Å²) in [5.74, 6) is -0.648. The highest BCUT2D eigenvalue weighted by Crippen LogP contribution is 2.29. The first kappa shape index (κ1) is 17.6. The number of amides is 1. The van der Waals surface area contributed by atoms with Crippen LogP contribution < -0.4 is 10.9 Å². The fraction of sp³-hybridized carbons (Fsp3) is 0.143. The molecule has 1 aromatic heterocycles. The number of carbonyl (C=O) groups is 1. The number of pyridine rings is 1. The van der Waals surface area contributed by atoms with Crippen LogP contribution in [0.15, 0.2) is 45.8 Å². The molecule has 2 aromatic rings. The number of nitrogens with zero attached hydrogens (tertiary/aromatic N) is 1. The number of anilines is 1. The number of benzene rings is 1. The zero-order chi connectivity index (χ0) is 17.2. The summed E-state index contributed by atoms with van der Waals surface area (Å²) in [6, 6.07) is 7.10. The molecule has 0 bridgehead atoms. The van der Waals surface area contributed by atoms with Crippen molar-refractivity contribution in [2.24, 2.45) is 0 Å². The number of hydrogen-bond acceptors (Lipinski definition) is 2. The summed E-state index contributed by atoms with van der Waals surface area (Å²) < 4.78 is 39.6. The molecule has 0 radical (unpaired) electrons. The number of rotatable bonds is 3. The van der Waals surface area contributed by atoms with E-state index < -0.39 is 34.8 Å². The van der Waals surface area contributed by atoms with Gasteiger partial charge in [-0.1, -0.05) is 27.5 Å². The third-order valence-electron chi connectivity index (χ3n) is 2.81. The fourth-order valence-corrected chi connectivity index (χ4v) is 2.25. The molecule has 9 heteroatoms. The molecular weight excluding hydrogens is 401 g/mol. The third kappa shape index (κ3) is 4.59. The highest BCUT2D eigenvalue weighted by atomic mass is 79.9. The predicted molar refractivity (Wildman–Crippen MR) is 83.5 cm³/mol. The summed E-state index contributed by atoms with van der Waals surface area (Å²) >= 11 is 8.75. The van der Waals surface area contributed by atoms with Crippen molar-refractivity contribution in [2.45, 2.75) is 12.7 Å². The normalized spacial score (nSPS) is 11.3. The Morgan fingerprint density at radius 2 is 1.87 bits per heavy atom. The van der Waals surface area contributed by atoms with E-state index in [0.29, 0.717) is 22.5 Å². The van der Waals surface area contributed by atoms with Crippen LogP contribution in [-0.4, -0.2) is 10.5 Å². The maximum atomic E-state index is 12.7. The first-order valence-corrected chi connectivity index (χ1v) is 7.36. The molecular formula is C14H9BrClF3N2O2. The summed E-state index contributed by atoms with van der Waals surface area (Å²) in [6.45, 7) is -0.585. The Morgan fingerprint density at radius 1 is 1.26 bits per heavy atom. The minimum atomic E-state index is -4.67. The molecule has 1 heterocycles. The van der Waals surface area contributed by atoms with Crippen LogP contribution in [0.25, 0.3) is 0 Å². The minimum Gasteiger partial charge on any atom is -0.325 e. The molecule has 23 heavy (non-hydrogen) atoms. The molecule has 0 aliphatic rings. The van der Waals surface area contributed by atoms with Gasteiger partial charge in [-0.15, -0.1) is 0 Å². The van der Waals surface area contributed by atoms with Crippen LogP contribution in [0.4, 0.5) is 18.9 Å². The van der Waals surface area contributed by atoms with Crippen LogP contribution in [-0.2, 0) is 17.5 Å². The summed E-state index contributed by atoms with van der Waals surface area (Å²) in [6.07, 6.45) is -4.10. The molecule has 1 amide bonds. The standard InChI is InChI=1S/C14H9BrClF3N2O2/c15-9-1-3-10(4-2-9)20-12(22)7-21-6-8(14(17,18)19)5-11(16)13(21)23/h1-6H,7H2,(H,20,22). The molecule has 0 aliphatic carbocycles. The van der Waals surface area contributed by atoms with E-state index in [1.165, 1.54) is 0 Å². The zero-order valence-electron chi connectivity index (χ0n) is 11.3. The van der Waals surface area contributed by atoms with Gasteiger partial charge in [-0.2, -0.15) is 13.2 Å². The fourth-order valence-electron chi connectivity index (χ4n) is 1.76. The van der Waals surface area contributed by atoms with Crippen LogP contribution in [0.2, 0.25) is 5.02 Å². The van der Waals surface area contributed by atoms with E-state index in [4.69, 9.17) is 11.6 Å². The van der Waals surface area contributed by atoms with E-state index in [2.05, 4.69) is 21.2 Å². The average molecular weight is 410 g/mol. The van der Waals surface area contributed by atoms with Gasteiger partial charge in [0.05, 0.1) is 5.56 Å². The molecule has 0 saturated heterocycles. The minimum absolute atomic E-state index is 0.448. The van der Waals surface area contributed by atoms with Crippen LogP contribution in [0.3, 0.4) is 0 Å². The number of halogens is 5. The van der Waals surface area contributed by atoms with Crippen molar-refractivity contribution in [3.63, 3.8) is 0 Å². The van der Waals surface area contributed by atoms with E-state index in [1.54, 1.807) is 24.3 Å². The van der Waals surface area contributed by atoms with Gasteiger partial charge >= 0.3 is 6.18 Å². The van der Waals surface area contributed by atoms with Crippen LogP contribution >= 0.6 is 27.5 Å². The van der Waals surface area contributed by atoms with Gasteiger partial charge in [-0.25, -0.2) is 0 Å². The topological polar surface area (TPSA) is 51.1 Å². The summed E-state index contributed by atoms with van der Waals surface area (Å²) in [7, 11) is 0. The lowest BCUT2D eigenvalue weighted by molar-refractivity contribution is -0.138. The molecule has 1 aromatic carbocycles. The van der Waals surface area contributed by atoms with Gasteiger partial charge in [-0.3, -0.25) is 9.59 Å². The lowest BCUT2D eigenvalue weighted by Crippen LogP contribution is -2.29. The van der Waals surface area contributed by atoms with E-state index in [1.807, 2.05) is 0 Å². The van der Waals surface area contributed by atoms with Gasteiger partial charge in [0.25, 0.3) is 5.56 Å². The lowest BCUT2D eigenvalue weighted by Gasteiger charge is -2.12. The Labute approximate surface area is 142 Å². The number of alkyl halides is 3. The van der Waals surface area contributed by atoms with E-state index in [-0.39, 0.29) is 0 Å². The Bertz CT molecular complexity index is 788. The molecule has 0 saturated carbocycles. The zero-order valence-corrected chi connectivity index (χ0v) is 13.7. The van der Waals surface area contributed by atoms with Crippen LogP contribution in [0, 0.1) is 0 Å². The summed E-state index contributed by atoms with van der Waals surface area (Å²) in [4.78, 5) is 23.6. The van der Waals surface area contributed by atoms with Crippen LogP contribution in [0.5, 0.6) is 0 Å². The van der Waals surface area contributed by atoms with Crippen molar-refractivity contribution in [3.05, 3.63) is 61.9 Å². The van der Waals surface area contributed by atoms with Crippen molar-refractivity contribution in [1.29, 1.82) is 0 Å². The SMILES string of the molecule is O=C(Cn1cc(C(F)(F)F)cc(Cl)c1=O)Nc1ccc(Br)cc1. The predicted octanol–water partition coefficient (Wildman–Crippen LogP) is 3.92. The Morgan fingerprint density at radius 3 is 2.43 bits per heavy atom. The molecule has 0 fully saturated rings. The maximum absolute atomic E-state index is 12.7. The van der Waals surface area contributed by atoms with Crippen LogP contribution in [0.1, 0.15) is 5.56 Å². The second-order valence-corrected chi connectivity index (χ2v) is 5.89. The summed E-state index contributed by atoms with van der Waals surface area (Å²) in [5, 5.41) is 1.88. The van der Waals surface area contributed by atoms with E-state index >= 15 is 0 Å². The largest absolute Gasteiger partial charge is 0.417 e. The molecule has 0 unspecified atom stereocenters. The van der Waals surface area contributed by atoms with Gasteiger partial charge in [0.15, 0.2) is 0 Å². The molecule has 1 N–H and O–H groups in total. The van der Waals surface area contributed by atoms with Crippen molar-refractivity contribution in [2.75, 3.05) is 5.32 Å². The molecule has 0 atom stereocenters. The van der Waals surface area contributed by atoms with E-state index in [9.17, 15) is 22.8 Å². The Kier molecular flexibility index (Phi) is 5.16. The van der Waals surface area contributed by atoms with Gasteiger partial charge in [0.2, 0.25) is 5.91 Å². The number of hydrogen-bond donors (Lipinski definition) is 1. The first-order valence-electron chi connectivity index (χ1n) is 6.19. The van der Waals surface area contributed by atoms with Crippen molar-refractivity contribution < 1.29 is 18.0 Å². The lowest BCUT2D eigenvalue weighted by atomic mass is 10.2. The second-order valence-electron chi connectivity index (χ2n) is 4.56.